The van der Waals surface area contributed by atoms with Gasteiger partial charge in [-0.1, -0.05) is 6.08 Å². The molecule has 2 aliphatic heterocycles. The number of carbonyl (C=O) groups is 2. The fourth-order valence-electron chi connectivity index (χ4n) is 3.63. The van der Waals surface area contributed by atoms with Gasteiger partial charge < -0.3 is 48.5 Å². The van der Waals surface area contributed by atoms with Gasteiger partial charge in [0.1, 0.15) is 30.2 Å². The van der Waals surface area contributed by atoms with Gasteiger partial charge in [-0.15, -0.1) is 6.58 Å². The van der Waals surface area contributed by atoms with E-state index in [1.807, 2.05) is 0 Å². The standard InChI is InChI=1S/C23H30O12/c1-4-9-30-22-20(33-12(2)24)18(16(26)11-31-22)35-23-19(17(27)15(25)10-32-23)34-21(28)13-5-7-14(29-3)8-6-13/h4-8,15-20,22-23,25-27H,1,9-11H2,2-3H3/t15-,16+,17+,18+,19-,20-,22-,23+/m1/s1. The molecule has 8 atom stereocenters. The Bertz CT molecular complexity index is 859. The number of rotatable bonds is 9. The molecule has 3 N–H and O–H groups in total. The average molecular weight is 498 g/mol. The number of aliphatic hydroxyl groups excluding tert-OH is 3. The highest BCUT2D eigenvalue weighted by molar-refractivity contribution is 5.89. The van der Waals surface area contributed by atoms with Gasteiger partial charge in [-0.05, 0) is 24.3 Å². The lowest BCUT2D eigenvalue weighted by Gasteiger charge is -2.43. The minimum Gasteiger partial charge on any atom is -0.497 e. The molecule has 2 heterocycles. The summed E-state index contributed by atoms with van der Waals surface area (Å²) < 4.78 is 38.0. The number of esters is 2. The first kappa shape index (κ1) is 27.0. The molecule has 1 aromatic carbocycles. The molecule has 2 fully saturated rings. The smallest absolute Gasteiger partial charge is 0.338 e. The van der Waals surface area contributed by atoms with Crippen LogP contribution in [-0.2, 0) is 33.2 Å². The number of methoxy groups -OCH3 is 1. The molecule has 1 aromatic rings. The molecule has 0 amide bonds. The van der Waals surface area contributed by atoms with Gasteiger partial charge in [0.25, 0.3) is 0 Å². The lowest BCUT2D eigenvalue weighted by Crippen LogP contribution is -2.61. The van der Waals surface area contributed by atoms with Crippen molar-refractivity contribution >= 4 is 11.9 Å². The second kappa shape index (κ2) is 12.4. The summed E-state index contributed by atoms with van der Waals surface area (Å²) >= 11 is 0. The van der Waals surface area contributed by atoms with Crippen LogP contribution in [0.1, 0.15) is 17.3 Å². The van der Waals surface area contributed by atoms with E-state index in [4.69, 9.17) is 33.2 Å². The van der Waals surface area contributed by atoms with Crippen molar-refractivity contribution in [3.05, 3.63) is 42.5 Å². The number of benzene rings is 1. The predicted molar refractivity (Wildman–Crippen MR) is 116 cm³/mol. The van der Waals surface area contributed by atoms with Gasteiger partial charge in [0.2, 0.25) is 0 Å². The van der Waals surface area contributed by atoms with E-state index < -0.39 is 61.1 Å². The van der Waals surface area contributed by atoms with Crippen LogP contribution in [0.5, 0.6) is 5.75 Å². The van der Waals surface area contributed by atoms with Crippen molar-refractivity contribution in [3.8, 4) is 5.75 Å². The summed E-state index contributed by atoms with van der Waals surface area (Å²) in [7, 11) is 1.48. The Hall–Kier alpha value is -2.58. The number of carbonyl (C=O) groups excluding carboxylic acids is 2. The number of aliphatic hydroxyl groups is 3. The quantitative estimate of drug-likeness (QED) is 0.297. The minimum absolute atomic E-state index is 0.0676. The zero-order chi connectivity index (χ0) is 25.5. The van der Waals surface area contributed by atoms with Gasteiger partial charge in [0.15, 0.2) is 24.8 Å². The van der Waals surface area contributed by atoms with E-state index in [9.17, 15) is 24.9 Å². The van der Waals surface area contributed by atoms with Crippen molar-refractivity contribution in [1.29, 1.82) is 0 Å². The summed E-state index contributed by atoms with van der Waals surface area (Å²) in [5.74, 6) is -0.979. The molecule has 2 aliphatic rings. The Morgan fingerprint density at radius 2 is 1.66 bits per heavy atom. The third-order valence-electron chi connectivity index (χ3n) is 5.37. The van der Waals surface area contributed by atoms with Crippen LogP contribution in [0, 0.1) is 0 Å². The number of ether oxygens (including phenoxy) is 7. The molecular formula is C23H30O12. The Balaban J connectivity index is 1.80. The summed E-state index contributed by atoms with van der Waals surface area (Å²) in [5.41, 5.74) is 0.151. The van der Waals surface area contributed by atoms with Gasteiger partial charge in [-0.25, -0.2) is 4.79 Å². The van der Waals surface area contributed by atoms with Gasteiger partial charge in [-0.2, -0.15) is 0 Å². The third-order valence-corrected chi connectivity index (χ3v) is 5.37. The third kappa shape index (κ3) is 6.76. The molecule has 0 aromatic heterocycles. The second-order valence-electron chi connectivity index (χ2n) is 7.92. The van der Waals surface area contributed by atoms with Crippen LogP contribution in [0.3, 0.4) is 0 Å². The molecular weight excluding hydrogens is 468 g/mol. The SMILES string of the molecule is C=CCO[C@@H]1OC[C@H](O)[C@H](O[C@@H]2OC[C@@H](O)[C@H](O)[C@H]2OC(=O)c2ccc(OC)cc2)[C@H]1OC(C)=O. The fraction of sp³-hybridized carbons (Fsp3) is 0.565. The summed E-state index contributed by atoms with van der Waals surface area (Å²) in [4.78, 5) is 24.4. The van der Waals surface area contributed by atoms with Gasteiger partial charge in [0, 0.05) is 6.92 Å². The maximum atomic E-state index is 12.7. The van der Waals surface area contributed by atoms with Gasteiger partial charge in [-0.3, -0.25) is 4.79 Å². The lowest BCUT2D eigenvalue weighted by molar-refractivity contribution is -0.333. The molecule has 0 unspecified atom stereocenters. The molecule has 12 heteroatoms. The molecule has 35 heavy (non-hydrogen) atoms. The zero-order valence-electron chi connectivity index (χ0n) is 19.3. The summed E-state index contributed by atoms with van der Waals surface area (Å²) in [6, 6.07) is 6.03. The fourth-order valence-corrected chi connectivity index (χ4v) is 3.63. The lowest BCUT2D eigenvalue weighted by atomic mass is 10.0. The van der Waals surface area contributed by atoms with Crippen LogP contribution >= 0.6 is 0 Å². The van der Waals surface area contributed by atoms with Crippen LogP contribution in [0.15, 0.2) is 36.9 Å². The van der Waals surface area contributed by atoms with Gasteiger partial charge >= 0.3 is 11.9 Å². The monoisotopic (exact) mass is 498 g/mol. The number of hydrogen-bond acceptors (Lipinski definition) is 12. The highest BCUT2D eigenvalue weighted by Crippen LogP contribution is 2.29. The van der Waals surface area contributed by atoms with E-state index in [0.717, 1.165) is 0 Å². The van der Waals surface area contributed by atoms with E-state index in [2.05, 4.69) is 6.58 Å². The molecule has 0 bridgehead atoms. The first-order chi connectivity index (χ1) is 16.7. The largest absolute Gasteiger partial charge is 0.497 e. The van der Waals surface area contributed by atoms with Gasteiger partial charge in [0.05, 0.1) is 32.5 Å². The molecule has 3 rings (SSSR count). The summed E-state index contributed by atoms with van der Waals surface area (Å²) in [5, 5.41) is 31.2. The Morgan fingerprint density at radius 3 is 2.29 bits per heavy atom. The second-order valence-corrected chi connectivity index (χ2v) is 7.92. The van der Waals surface area contributed by atoms with Crippen molar-refractivity contribution < 1.29 is 58.1 Å². The average Bonchev–Trinajstić information content (AvgIpc) is 2.84. The minimum atomic E-state index is -1.56. The Kier molecular flexibility index (Phi) is 9.57. The van der Waals surface area contributed by atoms with Crippen molar-refractivity contribution in [3.63, 3.8) is 0 Å². The molecule has 0 aliphatic carbocycles. The van der Waals surface area contributed by atoms with Crippen LogP contribution in [-0.4, -0.2) is 103 Å². The van der Waals surface area contributed by atoms with Crippen molar-refractivity contribution in [1.82, 2.24) is 0 Å². The van der Waals surface area contributed by atoms with Crippen molar-refractivity contribution in [2.75, 3.05) is 26.9 Å². The highest BCUT2D eigenvalue weighted by atomic mass is 16.7. The van der Waals surface area contributed by atoms with E-state index in [0.29, 0.717) is 5.75 Å². The van der Waals surface area contributed by atoms with Crippen LogP contribution in [0.25, 0.3) is 0 Å². The molecule has 12 nitrogen and oxygen atoms in total. The van der Waals surface area contributed by atoms with Crippen molar-refractivity contribution in [2.24, 2.45) is 0 Å². The highest BCUT2D eigenvalue weighted by Gasteiger charge is 2.49. The summed E-state index contributed by atoms with van der Waals surface area (Å²) in [6.45, 7) is 4.22. The molecule has 194 valence electrons. The van der Waals surface area contributed by atoms with Crippen molar-refractivity contribution in [2.45, 2.75) is 56.1 Å². The van der Waals surface area contributed by atoms with E-state index >= 15 is 0 Å². The maximum Gasteiger partial charge on any atom is 0.338 e. The Morgan fingerprint density at radius 1 is 1.00 bits per heavy atom. The molecule has 0 spiro atoms. The number of hydrogen-bond donors (Lipinski definition) is 3. The molecule has 2 saturated heterocycles. The first-order valence-electron chi connectivity index (χ1n) is 10.9. The Labute approximate surface area is 201 Å². The normalized spacial score (nSPS) is 32.9. The van der Waals surface area contributed by atoms with E-state index in [-0.39, 0.29) is 25.4 Å². The van der Waals surface area contributed by atoms with Crippen LogP contribution in [0.4, 0.5) is 0 Å². The zero-order valence-corrected chi connectivity index (χ0v) is 19.3. The maximum absolute atomic E-state index is 12.7. The molecule has 0 radical (unpaired) electrons. The van der Waals surface area contributed by atoms with Crippen LogP contribution < -0.4 is 4.74 Å². The summed E-state index contributed by atoms with van der Waals surface area (Å²) in [6.07, 6.45) is -9.20. The predicted octanol–water partition coefficient (Wildman–Crippen LogP) is -0.465. The topological polar surface area (TPSA) is 159 Å². The van der Waals surface area contributed by atoms with E-state index in [1.165, 1.54) is 32.2 Å². The van der Waals surface area contributed by atoms with E-state index in [1.54, 1.807) is 12.1 Å². The molecule has 0 saturated carbocycles. The van der Waals surface area contributed by atoms with Crippen LogP contribution in [0.2, 0.25) is 0 Å². The first-order valence-corrected chi connectivity index (χ1v) is 10.9.